The third kappa shape index (κ3) is 3.16. The van der Waals surface area contributed by atoms with E-state index in [4.69, 9.17) is 10.5 Å². The van der Waals surface area contributed by atoms with E-state index in [2.05, 4.69) is 52.1 Å². The minimum absolute atomic E-state index is 0.414. The van der Waals surface area contributed by atoms with Gasteiger partial charge in [-0.2, -0.15) is 0 Å². The van der Waals surface area contributed by atoms with E-state index in [-0.39, 0.29) is 0 Å². The van der Waals surface area contributed by atoms with Gasteiger partial charge in [0.1, 0.15) is 6.61 Å². The number of rotatable bonds is 3. The normalized spacial score (nSPS) is 10.8. The molecule has 0 bridgehead atoms. The first-order chi connectivity index (χ1) is 10.1. The molecular weight excluding hydrogens is 328 g/mol. The van der Waals surface area contributed by atoms with Gasteiger partial charge in [-0.05, 0) is 36.8 Å². The number of benzene rings is 2. The van der Waals surface area contributed by atoms with Crippen LogP contribution >= 0.6 is 15.9 Å². The molecule has 1 aromatic heterocycles. The first kappa shape index (κ1) is 13.9. The molecular formula is C17H15BrN2O. The Labute approximate surface area is 131 Å². The van der Waals surface area contributed by atoms with Gasteiger partial charge in [-0.15, -0.1) is 0 Å². The number of aryl methyl sites for hydroxylation is 1. The van der Waals surface area contributed by atoms with E-state index >= 15 is 0 Å². The van der Waals surface area contributed by atoms with Gasteiger partial charge in [0, 0.05) is 9.86 Å². The van der Waals surface area contributed by atoms with Crippen LogP contribution in [-0.4, -0.2) is 4.98 Å². The summed E-state index contributed by atoms with van der Waals surface area (Å²) >= 11 is 3.46. The van der Waals surface area contributed by atoms with Crippen molar-refractivity contribution in [1.82, 2.24) is 4.98 Å². The minimum Gasteiger partial charge on any atom is -0.485 e. The van der Waals surface area contributed by atoms with Crippen LogP contribution in [0.15, 0.2) is 53.0 Å². The molecule has 0 radical (unpaired) electrons. The maximum Gasteiger partial charge on any atom is 0.166 e. The smallest absolute Gasteiger partial charge is 0.166 e. The molecule has 0 fully saturated rings. The van der Waals surface area contributed by atoms with Crippen LogP contribution in [0.3, 0.4) is 0 Å². The molecule has 3 nitrogen and oxygen atoms in total. The fourth-order valence-electron chi connectivity index (χ4n) is 2.10. The number of fused-ring (bicyclic) bond motifs is 1. The van der Waals surface area contributed by atoms with Crippen molar-refractivity contribution in [2.45, 2.75) is 13.5 Å². The van der Waals surface area contributed by atoms with Crippen molar-refractivity contribution in [3.05, 3.63) is 64.1 Å². The zero-order valence-electron chi connectivity index (χ0n) is 11.6. The van der Waals surface area contributed by atoms with Gasteiger partial charge in [0.2, 0.25) is 0 Å². The number of aromatic nitrogens is 1. The van der Waals surface area contributed by atoms with Gasteiger partial charge in [0.25, 0.3) is 0 Å². The third-order valence-electron chi connectivity index (χ3n) is 3.28. The monoisotopic (exact) mass is 342 g/mol. The Balaban J connectivity index is 1.86. The van der Waals surface area contributed by atoms with Gasteiger partial charge in [-0.25, -0.2) is 4.98 Å². The van der Waals surface area contributed by atoms with Crippen molar-refractivity contribution in [3.63, 3.8) is 0 Å². The largest absolute Gasteiger partial charge is 0.485 e. The van der Waals surface area contributed by atoms with E-state index in [0.29, 0.717) is 18.2 Å². The standard InChI is InChI=1S/C17H15BrN2O/c1-11-2-4-12(5-3-11)10-21-16-9-13-8-14(18)6-7-15(13)20-17(16)19/h2-9H,10H2,1H3,(H2,19,20). The summed E-state index contributed by atoms with van der Waals surface area (Å²) in [6.07, 6.45) is 0. The highest BCUT2D eigenvalue weighted by atomic mass is 79.9. The number of pyridine rings is 1. The minimum atomic E-state index is 0.414. The molecule has 2 aromatic carbocycles. The lowest BCUT2D eigenvalue weighted by atomic mass is 10.2. The van der Waals surface area contributed by atoms with Crippen LogP contribution in [0.1, 0.15) is 11.1 Å². The molecule has 3 rings (SSSR count). The molecule has 0 unspecified atom stereocenters. The number of hydrogen-bond acceptors (Lipinski definition) is 3. The topological polar surface area (TPSA) is 48.1 Å². The highest BCUT2D eigenvalue weighted by molar-refractivity contribution is 9.10. The SMILES string of the molecule is Cc1ccc(COc2cc3cc(Br)ccc3nc2N)cc1. The number of anilines is 1. The van der Waals surface area contributed by atoms with Crippen molar-refractivity contribution in [2.75, 3.05) is 5.73 Å². The lowest BCUT2D eigenvalue weighted by Gasteiger charge is -2.10. The van der Waals surface area contributed by atoms with Crippen LogP contribution in [0.2, 0.25) is 0 Å². The molecule has 106 valence electrons. The van der Waals surface area contributed by atoms with Gasteiger partial charge in [-0.1, -0.05) is 45.8 Å². The molecule has 0 saturated heterocycles. The van der Waals surface area contributed by atoms with Gasteiger partial charge in [0.05, 0.1) is 5.52 Å². The molecule has 3 aromatic rings. The van der Waals surface area contributed by atoms with Gasteiger partial charge >= 0.3 is 0 Å². The molecule has 21 heavy (non-hydrogen) atoms. The van der Waals surface area contributed by atoms with Crippen molar-refractivity contribution < 1.29 is 4.74 Å². The lowest BCUT2D eigenvalue weighted by Crippen LogP contribution is -2.01. The van der Waals surface area contributed by atoms with Crippen LogP contribution in [0, 0.1) is 6.92 Å². The number of hydrogen-bond donors (Lipinski definition) is 1. The fraction of sp³-hybridized carbons (Fsp3) is 0.118. The molecule has 4 heteroatoms. The third-order valence-corrected chi connectivity index (χ3v) is 3.78. The Kier molecular flexibility index (Phi) is 3.80. The second kappa shape index (κ2) is 5.74. The Morgan fingerprint density at radius 2 is 1.86 bits per heavy atom. The molecule has 0 amide bonds. The number of nitrogens with zero attached hydrogens (tertiary/aromatic N) is 1. The molecule has 0 aliphatic rings. The summed E-state index contributed by atoms with van der Waals surface area (Å²) in [6.45, 7) is 2.54. The van der Waals surface area contributed by atoms with Gasteiger partial charge < -0.3 is 10.5 Å². The Bertz CT molecular complexity index is 785. The van der Waals surface area contributed by atoms with E-state index in [1.54, 1.807) is 0 Å². The van der Waals surface area contributed by atoms with E-state index in [1.165, 1.54) is 5.56 Å². The van der Waals surface area contributed by atoms with E-state index in [1.807, 2.05) is 24.3 Å². The fourth-order valence-corrected chi connectivity index (χ4v) is 2.48. The number of nitrogens with two attached hydrogens (primary N) is 1. The summed E-state index contributed by atoms with van der Waals surface area (Å²) in [5.74, 6) is 1.03. The highest BCUT2D eigenvalue weighted by Crippen LogP contribution is 2.27. The van der Waals surface area contributed by atoms with Crippen LogP contribution in [0.25, 0.3) is 10.9 Å². The summed E-state index contributed by atoms with van der Waals surface area (Å²) < 4.78 is 6.81. The maximum absolute atomic E-state index is 5.97. The summed E-state index contributed by atoms with van der Waals surface area (Å²) in [6, 6.07) is 16.0. The maximum atomic E-state index is 5.97. The average Bonchev–Trinajstić information content (AvgIpc) is 2.47. The molecule has 1 heterocycles. The second-order valence-electron chi connectivity index (χ2n) is 4.98. The number of ether oxygens (including phenoxy) is 1. The Morgan fingerprint density at radius 3 is 2.62 bits per heavy atom. The Hall–Kier alpha value is -2.07. The van der Waals surface area contributed by atoms with Gasteiger partial charge in [0.15, 0.2) is 11.6 Å². The Morgan fingerprint density at radius 1 is 1.10 bits per heavy atom. The zero-order chi connectivity index (χ0) is 14.8. The molecule has 0 spiro atoms. The van der Waals surface area contributed by atoms with Crippen LogP contribution in [0.5, 0.6) is 5.75 Å². The lowest BCUT2D eigenvalue weighted by molar-refractivity contribution is 0.307. The van der Waals surface area contributed by atoms with E-state index < -0.39 is 0 Å². The average molecular weight is 343 g/mol. The molecule has 0 atom stereocenters. The quantitative estimate of drug-likeness (QED) is 0.763. The summed E-state index contributed by atoms with van der Waals surface area (Å²) in [5.41, 5.74) is 9.16. The predicted molar refractivity (Wildman–Crippen MR) is 89.4 cm³/mol. The summed E-state index contributed by atoms with van der Waals surface area (Å²) in [7, 11) is 0. The number of halogens is 1. The van der Waals surface area contributed by atoms with Gasteiger partial charge in [-0.3, -0.25) is 0 Å². The molecule has 0 saturated carbocycles. The van der Waals surface area contributed by atoms with E-state index in [0.717, 1.165) is 20.9 Å². The first-order valence-electron chi connectivity index (χ1n) is 6.66. The van der Waals surface area contributed by atoms with Crippen molar-refractivity contribution in [1.29, 1.82) is 0 Å². The van der Waals surface area contributed by atoms with Crippen molar-refractivity contribution in [3.8, 4) is 5.75 Å². The summed E-state index contributed by atoms with van der Waals surface area (Å²) in [5, 5.41) is 0.998. The molecule has 2 N–H and O–H groups in total. The molecule has 0 aliphatic heterocycles. The first-order valence-corrected chi connectivity index (χ1v) is 7.45. The summed E-state index contributed by atoms with van der Waals surface area (Å²) in [4.78, 5) is 4.38. The zero-order valence-corrected chi connectivity index (χ0v) is 13.2. The molecule has 0 aliphatic carbocycles. The second-order valence-corrected chi connectivity index (χ2v) is 5.90. The number of nitrogen functional groups attached to an aromatic ring is 1. The van der Waals surface area contributed by atoms with Crippen LogP contribution in [0.4, 0.5) is 5.82 Å². The van der Waals surface area contributed by atoms with Crippen LogP contribution in [-0.2, 0) is 6.61 Å². The van der Waals surface area contributed by atoms with E-state index in [9.17, 15) is 0 Å². The van der Waals surface area contributed by atoms with Crippen molar-refractivity contribution >= 4 is 32.7 Å². The van der Waals surface area contributed by atoms with Crippen molar-refractivity contribution in [2.24, 2.45) is 0 Å². The predicted octanol–water partition coefficient (Wildman–Crippen LogP) is 4.47. The van der Waals surface area contributed by atoms with Crippen LogP contribution < -0.4 is 10.5 Å². The highest BCUT2D eigenvalue weighted by Gasteiger charge is 2.06.